The molecule has 0 spiro atoms. The molecular weight excluding hydrogens is 466 g/mol. The molecule has 3 aliphatic rings. The predicted molar refractivity (Wildman–Crippen MR) is 147 cm³/mol. The van der Waals surface area contributed by atoms with Crippen LogP contribution in [0.25, 0.3) is 11.0 Å². The van der Waals surface area contributed by atoms with E-state index in [0.717, 1.165) is 106 Å². The zero-order chi connectivity index (χ0) is 25.0. The van der Waals surface area contributed by atoms with Gasteiger partial charge in [-0.25, -0.2) is 9.97 Å². The summed E-state index contributed by atoms with van der Waals surface area (Å²) >= 11 is 0. The Bertz CT molecular complexity index is 1170. The van der Waals surface area contributed by atoms with Crippen molar-refractivity contribution in [1.82, 2.24) is 19.9 Å². The minimum Gasteiger partial charge on any atom is -0.488 e. The molecule has 1 aliphatic carbocycles. The van der Waals surface area contributed by atoms with E-state index in [0.29, 0.717) is 6.04 Å². The number of hydrogen-bond donors (Lipinski definition) is 1. The number of ether oxygens (including phenoxy) is 2. The fourth-order valence-electron chi connectivity index (χ4n) is 5.56. The van der Waals surface area contributed by atoms with Gasteiger partial charge < -0.3 is 29.5 Å². The van der Waals surface area contributed by atoms with Crippen molar-refractivity contribution in [3.63, 3.8) is 0 Å². The molecule has 9 heteroatoms. The average molecular weight is 504 g/mol. The standard InChI is InChI=1S/C28H37N7O2/c1-33-10-12-34(13-11-33)22-4-7-27(31-20-22)32-21-2-5-24(6-3-21)37-26-19-23(35-14-16-36-17-15-35)18-25-28(26)30-9-8-29-25/h4,7-9,18-21,24H,2-3,5-6,10-17H2,1H3,(H,31,32). The van der Waals surface area contributed by atoms with Gasteiger partial charge in [-0.3, -0.25) is 4.98 Å². The molecule has 2 saturated heterocycles. The number of benzene rings is 1. The van der Waals surface area contributed by atoms with Crippen molar-refractivity contribution in [1.29, 1.82) is 0 Å². The van der Waals surface area contributed by atoms with E-state index >= 15 is 0 Å². The lowest BCUT2D eigenvalue weighted by molar-refractivity contribution is 0.122. The van der Waals surface area contributed by atoms with Gasteiger partial charge in [0.15, 0.2) is 0 Å². The Kier molecular flexibility index (Phi) is 7.23. The maximum absolute atomic E-state index is 6.58. The summed E-state index contributed by atoms with van der Waals surface area (Å²) in [4.78, 5) is 21.0. The van der Waals surface area contributed by atoms with E-state index in [-0.39, 0.29) is 6.10 Å². The molecule has 1 aromatic carbocycles. The maximum atomic E-state index is 6.58. The number of nitrogens with zero attached hydrogens (tertiary/aromatic N) is 6. The van der Waals surface area contributed by atoms with Crippen LogP contribution in [0.2, 0.25) is 0 Å². The third-order valence-corrected chi connectivity index (χ3v) is 7.84. The van der Waals surface area contributed by atoms with Crippen molar-refractivity contribution in [2.45, 2.75) is 37.8 Å². The molecule has 0 bridgehead atoms. The van der Waals surface area contributed by atoms with Gasteiger partial charge in [0.05, 0.1) is 36.7 Å². The Morgan fingerprint density at radius 3 is 2.35 bits per heavy atom. The second-order valence-corrected chi connectivity index (χ2v) is 10.4. The first kappa shape index (κ1) is 24.2. The van der Waals surface area contributed by atoms with Gasteiger partial charge in [0, 0.05) is 69.5 Å². The first-order chi connectivity index (χ1) is 18.2. The van der Waals surface area contributed by atoms with E-state index in [4.69, 9.17) is 14.5 Å². The number of piperazine rings is 1. The van der Waals surface area contributed by atoms with Crippen LogP contribution in [0.15, 0.2) is 42.9 Å². The van der Waals surface area contributed by atoms with Crippen LogP contribution in [0.4, 0.5) is 17.2 Å². The molecule has 196 valence electrons. The first-order valence-corrected chi connectivity index (χ1v) is 13.6. The molecule has 0 radical (unpaired) electrons. The zero-order valence-corrected chi connectivity index (χ0v) is 21.7. The Labute approximate surface area is 218 Å². The number of likely N-dealkylation sites (N-methyl/N-ethyl adjacent to an activating group) is 1. The van der Waals surface area contributed by atoms with Crippen LogP contribution in [-0.2, 0) is 4.74 Å². The molecule has 2 aliphatic heterocycles. The molecule has 9 nitrogen and oxygen atoms in total. The van der Waals surface area contributed by atoms with Crippen molar-refractivity contribution in [2.24, 2.45) is 0 Å². The number of aromatic nitrogens is 3. The highest BCUT2D eigenvalue weighted by molar-refractivity contribution is 5.85. The van der Waals surface area contributed by atoms with Crippen LogP contribution in [0.5, 0.6) is 5.75 Å². The Hall–Kier alpha value is -3.17. The average Bonchev–Trinajstić information content (AvgIpc) is 2.95. The van der Waals surface area contributed by atoms with Crippen LogP contribution in [0.1, 0.15) is 25.7 Å². The number of morpholine rings is 1. The maximum Gasteiger partial charge on any atom is 0.149 e. The summed E-state index contributed by atoms with van der Waals surface area (Å²) in [5, 5.41) is 3.65. The first-order valence-electron chi connectivity index (χ1n) is 13.6. The summed E-state index contributed by atoms with van der Waals surface area (Å²) in [5.41, 5.74) is 4.06. The fraction of sp³-hybridized carbons (Fsp3) is 0.536. The normalized spacial score (nSPS) is 23.3. The van der Waals surface area contributed by atoms with E-state index in [9.17, 15) is 0 Å². The smallest absolute Gasteiger partial charge is 0.149 e. The minimum absolute atomic E-state index is 0.177. The van der Waals surface area contributed by atoms with Crippen LogP contribution < -0.4 is 19.9 Å². The summed E-state index contributed by atoms with van der Waals surface area (Å²) in [5.74, 6) is 1.80. The molecule has 3 aromatic rings. The largest absolute Gasteiger partial charge is 0.488 e. The van der Waals surface area contributed by atoms with Crippen molar-refractivity contribution < 1.29 is 9.47 Å². The number of pyridine rings is 1. The van der Waals surface area contributed by atoms with Crippen LogP contribution in [-0.4, -0.2) is 91.5 Å². The lowest BCUT2D eigenvalue weighted by atomic mass is 9.93. The van der Waals surface area contributed by atoms with Gasteiger partial charge in [0.1, 0.15) is 17.1 Å². The molecule has 0 unspecified atom stereocenters. The van der Waals surface area contributed by atoms with Crippen molar-refractivity contribution in [3.05, 3.63) is 42.9 Å². The van der Waals surface area contributed by atoms with E-state index in [2.05, 4.69) is 61.3 Å². The van der Waals surface area contributed by atoms with E-state index in [1.807, 2.05) is 6.20 Å². The molecule has 0 atom stereocenters. The van der Waals surface area contributed by atoms with Crippen LogP contribution in [0.3, 0.4) is 0 Å². The Balaban J connectivity index is 1.06. The zero-order valence-electron chi connectivity index (χ0n) is 21.7. The molecule has 4 heterocycles. The highest BCUT2D eigenvalue weighted by atomic mass is 16.5. The van der Waals surface area contributed by atoms with E-state index in [1.165, 1.54) is 5.69 Å². The monoisotopic (exact) mass is 503 g/mol. The molecule has 0 amide bonds. The van der Waals surface area contributed by atoms with Crippen LogP contribution in [0, 0.1) is 0 Å². The molecule has 2 aromatic heterocycles. The Morgan fingerprint density at radius 2 is 1.59 bits per heavy atom. The van der Waals surface area contributed by atoms with Gasteiger partial charge in [0.2, 0.25) is 0 Å². The van der Waals surface area contributed by atoms with Crippen molar-refractivity contribution >= 4 is 28.2 Å². The highest BCUT2D eigenvalue weighted by Crippen LogP contribution is 2.33. The highest BCUT2D eigenvalue weighted by Gasteiger charge is 2.24. The van der Waals surface area contributed by atoms with Gasteiger partial charge in [-0.1, -0.05) is 0 Å². The third-order valence-electron chi connectivity index (χ3n) is 7.84. The molecule has 1 saturated carbocycles. The molecular formula is C28H37N7O2. The number of anilines is 3. The second kappa shape index (κ2) is 11.1. The second-order valence-electron chi connectivity index (χ2n) is 10.4. The number of hydrogen-bond acceptors (Lipinski definition) is 9. The van der Waals surface area contributed by atoms with Gasteiger partial charge in [-0.15, -0.1) is 0 Å². The van der Waals surface area contributed by atoms with Crippen molar-refractivity contribution in [3.8, 4) is 5.75 Å². The molecule has 37 heavy (non-hydrogen) atoms. The quantitative estimate of drug-likeness (QED) is 0.544. The van der Waals surface area contributed by atoms with Crippen molar-refractivity contribution in [2.75, 3.05) is 74.6 Å². The topological polar surface area (TPSA) is 78.9 Å². The summed E-state index contributed by atoms with van der Waals surface area (Å²) < 4.78 is 12.1. The summed E-state index contributed by atoms with van der Waals surface area (Å²) in [6.07, 6.45) is 9.79. The Morgan fingerprint density at radius 1 is 0.838 bits per heavy atom. The summed E-state index contributed by atoms with van der Waals surface area (Å²) in [7, 11) is 2.18. The lowest BCUT2D eigenvalue weighted by Gasteiger charge is -2.34. The minimum atomic E-state index is 0.177. The number of fused-ring (bicyclic) bond motifs is 1. The molecule has 1 N–H and O–H groups in total. The SMILES string of the molecule is CN1CCN(c2ccc(NC3CCC(Oc4cc(N5CCOCC5)cc5nccnc45)CC3)nc2)CC1. The van der Waals surface area contributed by atoms with Gasteiger partial charge in [-0.05, 0) is 50.9 Å². The van der Waals surface area contributed by atoms with Gasteiger partial charge >= 0.3 is 0 Å². The number of rotatable bonds is 6. The lowest BCUT2D eigenvalue weighted by Crippen LogP contribution is -2.44. The summed E-state index contributed by atoms with van der Waals surface area (Å²) in [6.45, 7) is 7.59. The van der Waals surface area contributed by atoms with E-state index in [1.54, 1.807) is 12.4 Å². The van der Waals surface area contributed by atoms with Crippen LogP contribution >= 0.6 is 0 Å². The number of nitrogens with one attached hydrogen (secondary N) is 1. The van der Waals surface area contributed by atoms with E-state index < -0.39 is 0 Å². The predicted octanol–water partition coefficient (Wildman–Crippen LogP) is 3.42. The summed E-state index contributed by atoms with van der Waals surface area (Å²) in [6, 6.07) is 8.99. The molecule has 3 fully saturated rings. The van der Waals surface area contributed by atoms with Gasteiger partial charge in [-0.2, -0.15) is 0 Å². The third kappa shape index (κ3) is 5.72. The fourth-order valence-corrected chi connectivity index (χ4v) is 5.56. The molecule has 6 rings (SSSR count). The van der Waals surface area contributed by atoms with Gasteiger partial charge in [0.25, 0.3) is 0 Å².